The first-order valence-electron chi connectivity index (χ1n) is 19.4. The number of hydrogen-bond acceptors (Lipinski definition) is 11. The SMILES string of the molecule is COc1ccc(S(=O)(=O)n2cc(S(=O)(=O)Nc3ccc(-c4ccc(-c5ccc(NS(=O)(=O)c6cn(S(=O)(=O)c7ccc(OC)cc7)c7ccccc67)cc5)o4)cc3)c3ccccc32)cc1. The van der Waals surface area contributed by atoms with Gasteiger partial charge in [-0.15, -0.1) is 0 Å². The lowest BCUT2D eigenvalue weighted by molar-refractivity contribution is 0.414. The predicted octanol–water partition coefficient (Wildman–Crippen LogP) is 8.62. The molecule has 15 nitrogen and oxygen atoms in total. The van der Waals surface area contributed by atoms with Crippen molar-refractivity contribution in [3.63, 3.8) is 0 Å². The topological polar surface area (TPSA) is 202 Å². The summed E-state index contributed by atoms with van der Waals surface area (Å²) in [6, 6.07) is 40.5. The number of ether oxygens (including phenoxy) is 2. The molecule has 0 fully saturated rings. The van der Waals surface area contributed by atoms with Crippen LogP contribution < -0.4 is 18.9 Å². The van der Waals surface area contributed by atoms with Crippen molar-refractivity contribution in [2.24, 2.45) is 0 Å². The van der Waals surface area contributed by atoms with Crippen LogP contribution in [0.2, 0.25) is 0 Å². The summed E-state index contributed by atoms with van der Waals surface area (Å²) in [5.41, 5.74) is 2.06. The van der Waals surface area contributed by atoms with Crippen LogP contribution in [0.15, 0.2) is 194 Å². The minimum atomic E-state index is -4.29. The number of aromatic nitrogens is 2. The normalized spacial score (nSPS) is 12.3. The smallest absolute Gasteiger partial charge is 0.268 e. The first-order chi connectivity index (χ1) is 31.1. The number of nitrogens with one attached hydrogen (secondary N) is 2. The zero-order chi connectivity index (χ0) is 45.7. The van der Waals surface area contributed by atoms with Crippen LogP contribution in [-0.4, -0.2) is 55.8 Å². The average molecular weight is 949 g/mol. The summed E-state index contributed by atoms with van der Waals surface area (Å²) >= 11 is 0. The highest BCUT2D eigenvalue weighted by Crippen LogP contribution is 2.35. The Hall–Kier alpha value is -7.32. The van der Waals surface area contributed by atoms with Gasteiger partial charge in [0, 0.05) is 45.7 Å². The number of sulfonamides is 2. The molecule has 2 N–H and O–H groups in total. The Kier molecular flexibility index (Phi) is 10.8. The third-order valence-corrected chi connectivity index (χ3v) is 16.7. The number of para-hydroxylation sites is 2. The number of methoxy groups -OCH3 is 2. The highest BCUT2D eigenvalue weighted by atomic mass is 32.2. The van der Waals surface area contributed by atoms with Crippen molar-refractivity contribution in [2.75, 3.05) is 23.7 Å². The van der Waals surface area contributed by atoms with E-state index in [0.717, 1.165) is 20.3 Å². The van der Waals surface area contributed by atoms with Gasteiger partial charge in [-0.1, -0.05) is 36.4 Å². The predicted molar refractivity (Wildman–Crippen MR) is 246 cm³/mol. The Balaban J connectivity index is 0.907. The van der Waals surface area contributed by atoms with Crippen molar-refractivity contribution in [3.8, 4) is 34.1 Å². The second kappa shape index (κ2) is 16.3. The van der Waals surface area contributed by atoms with Gasteiger partial charge in [-0.2, -0.15) is 0 Å². The summed E-state index contributed by atoms with van der Waals surface area (Å²) in [6.07, 6.45) is 2.18. The quantitative estimate of drug-likeness (QED) is 0.106. The second-order valence-electron chi connectivity index (χ2n) is 14.5. The second-order valence-corrected chi connectivity index (χ2v) is 21.4. The molecule has 3 heterocycles. The van der Waals surface area contributed by atoms with E-state index in [1.54, 1.807) is 84.9 Å². The zero-order valence-electron chi connectivity index (χ0n) is 34.2. The maximum atomic E-state index is 13.8. The molecular weight excluding hydrogens is 913 g/mol. The molecule has 0 bridgehead atoms. The largest absolute Gasteiger partial charge is 0.497 e. The lowest BCUT2D eigenvalue weighted by Gasteiger charge is -2.09. The molecule has 0 aliphatic carbocycles. The lowest BCUT2D eigenvalue weighted by Crippen LogP contribution is -2.14. The van der Waals surface area contributed by atoms with Crippen LogP contribution in [0.25, 0.3) is 44.5 Å². The zero-order valence-corrected chi connectivity index (χ0v) is 37.4. The Labute approximate surface area is 374 Å². The number of benzene rings is 6. The summed E-state index contributed by atoms with van der Waals surface area (Å²) in [7, 11) is -14.0. The van der Waals surface area contributed by atoms with Crippen molar-refractivity contribution in [2.45, 2.75) is 19.6 Å². The van der Waals surface area contributed by atoms with E-state index in [1.165, 1.54) is 87.0 Å². The van der Waals surface area contributed by atoms with E-state index < -0.39 is 40.1 Å². The molecule has 0 unspecified atom stereocenters. The standard InChI is InChI=1S/C46H36N4O11S4/c1-59-35-19-23-37(24-20-35)64(55,56)49-29-45(39-7-3-5-9-41(39)49)62(51,52)47-33-15-11-31(12-16-33)43-27-28-44(61-43)32-13-17-34(18-14-32)48-63(53,54)46-30-50(42-10-6-4-8-40(42)46)65(57,58)38-25-21-36(60-2)22-26-38/h3-30,47-48H,1-2H3. The highest BCUT2D eigenvalue weighted by Gasteiger charge is 2.29. The minimum absolute atomic E-state index is 0.0475. The molecule has 3 aromatic heterocycles. The molecule has 0 aliphatic rings. The first-order valence-corrected chi connectivity index (χ1v) is 25.3. The van der Waals surface area contributed by atoms with Crippen molar-refractivity contribution in [3.05, 3.63) is 170 Å². The monoisotopic (exact) mass is 948 g/mol. The van der Waals surface area contributed by atoms with Gasteiger partial charge in [0.2, 0.25) is 0 Å². The fraction of sp³-hybridized carbons (Fsp3) is 0.0435. The molecule has 0 saturated heterocycles. The first kappa shape index (κ1) is 43.0. The molecule has 9 rings (SSSR count). The van der Waals surface area contributed by atoms with Crippen molar-refractivity contribution < 1.29 is 47.6 Å². The summed E-state index contributed by atoms with van der Waals surface area (Å²) in [5.74, 6) is 1.86. The number of furan rings is 1. The summed E-state index contributed by atoms with van der Waals surface area (Å²) in [6.45, 7) is 0. The van der Waals surface area contributed by atoms with Gasteiger partial charge in [0.1, 0.15) is 32.8 Å². The van der Waals surface area contributed by atoms with E-state index in [-0.39, 0.29) is 52.8 Å². The average Bonchev–Trinajstić information content (AvgIpc) is 4.07. The van der Waals surface area contributed by atoms with Crippen molar-refractivity contribution in [1.82, 2.24) is 7.94 Å². The van der Waals surface area contributed by atoms with Crippen molar-refractivity contribution in [1.29, 1.82) is 0 Å². The Morgan fingerprint density at radius 3 is 1.14 bits per heavy atom. The third kappa shape index (κ3) is 7.99. The van der Waals surface area contributed by atoms with Crippen LogP contribution >= 0.6 is 0 Å². The molecule has 65 heavy (non-hydrogen) atoms. The Bertz CT molecular complexity index is 3470. The van der Waals surface area contributed by atoms with Gasteiger partial charge in [-0.3, -0.25) is 9.44 Å². The molecule has 0 amide bonds. The van der Waals surface area contributed by atoms with Crippen LogP contribution in [-0.2, 0) is 40.1 Å². The van der Waals surface area contributed by atoms with E-state index in [2.05, 4.69) is 9.44 Å². The molecule has 330 valence electrons. The van der Waals surface area contributed by atoms with Crippen LogP contribution in [0, 0.1) is 0 Å². The summed E-state index contributed by atoms with van der Waals surface area (Å²) in [5, 5.41) is 0.426. The summed E-state index contributed by atoms with van der Waals surface area (Å²) < 4.78 is 133. The van der Waals surface area contributed by atoms with Crippen LogP contribution in [0.3, 0.4) is 0 Å². The third-order valence-electron chi connectivity index (χ3n) is 10.5. The van der Waals surface area contributed by atoms with E-state index in [4.69, 9.17) is 13.9 Å². The maximum absolute atomic E-state index is 13.8. The van der Waals surface area contributed by atoms with Gasteiger partial charge < -0.3 is 13.9 Å². The van der Waals surface area contributed by atoms with Crippen LogP contribution in [0.5, 0.6) is 11.5 Å². The molecule has 0 atom stereocenters. The van der Waals surface area contributed by atoms with Gasteiger partial charge in [0.05, 0.1) is 35.0 Å². The number of nitrogens with zero attached hydrogens (tertiary/aromatic N) is 2. The highest BCUT2D eigenvalue weighted by molar-refractivity contribution is 7.93. The fourth-order valence-corrected chi connectivity index (χ4v) is 12.7. The van der Waals surface area contributed by atoms with E-state index in [1.807, 2.05) is 0 Å². The number of rotatable bonds is 14. The minimum Gasteiger partial charge on any atom is -0.497 e. The van der Waals surface area contributed by atoms with E-state index >= 15 is 0 Å². The lowest BCUT2D eigenvalue weighted by atomic mass is 10.1. The van der Waals surface area contributed by atoms with Crippen LogP contribution in [0.1, 0.15) is 0 Å². The molecule has 0 spiro atoms. The van der Waals surface area contributed by atoms with Gasteiger partial charge >= 0.3 is 0 Å². The molecular formula is C46H36N4O11S4. The van der Waals surface area contributed by atoms with Gasteiger partial charge in [0.25, 0.3) is 40.1 Å². The molecule has 9 aromatic rings. The molecule has 0 saturated carbocycles. The maximum Gasteiger partial charge on any atom is 0.268 e. The molecule has 0 radical (unpaired) electrons. The fourth-order valence-electron chi connectivity index (χ4n) is 7.26. The molecule has 6 aromatic carbocycles. The molecule has 0 aliphatic heterocycles. The molecule has 19 heteroatoms. The van der Waals surface area contributed by atoms with E-state index in [9.17, 15) is 33.7 Å². The van der Waals surface area contributed by atoms with Crippen molar-refractivity contribution >= 4 is 73.3 Å². The van der Waals surface area contributed by atoms with Gasteiger partial charge in [0.15, 0.2) is 0 Å². The summed E-state index contributed by atoms with van der Waals surface area (Å²) in [4.78, 5) is -0.553. The van der Waals surface area contributed by atoms with Crippen LogP contribution in [0.4, 0.5) is 11.4 Å². The number of anilines is 2. The number of hydrogen-bond donors (Lipinski definition) is 2. The Morgan fingerprint density at radius 1 is 0.431 bits per heavy atom. The van der Waals surface area contributed by atoms with Gasteiger partial charge in [-0.05, 0) is 121 Å². The van der Waals surface area contributed by atoms with E-state index in [0.29, 0.717) is 34.1 Å². The number of fused-ring (bicyclic) bond motifs is 2. The van der Waals surface area contributed by atoms with Gasteiger partial charge in [-0.25, -0.2) is 41.6 Å². The Morgan fingerprint density at radius 2 is 0.785 bits per heavy atom.